The van der Waals surface area contributed by atoms with Gasteiger partial charge in [-0.1, -0.05) is 11.6 Å². The number of halogens is 1. The number of aromatic nitrogens is 2. The molecule has 1 atom stereocenters. The fraction of sp³-hybridized carbons (Fsp3) is 0.600. The van der Waals surface area contributed by atoms with Gasteiger partial charge in [-0.3, -0.25) is 0 Å². The van der Waals surface area contributed by atoms with Crippen LogP contribution in [0.4, 0.5) is 5.82 Å². The summed E-state index contributed by atoms with van der Waals surface area (Å²) >= 11 is 5.81. The van der Waals surface area contributed by atoms with Crippen molar-refractivity contribution in [2.45, 2.75) is 25.8 Å². The molecule has 1 aromatic heterocycles. The molecule has 0 bridgehead atoms. The normalized spacial score (nSPS) is 17.9. The first-order valence-corrected chi connectivity index (χ1v) is 5.26. The summed E-state index contributed by atoms with van der Waals surface area (Å²) in [5, 5.41) is 0.504. The first-order valence-electron chi connectivity index (χ1n) is 4.89. The first-order chi connectivity index (χ1) is 6.68. The van der Waals surface area contributed by atoms with Gasteiger partial charge in [0, 0.05) is 19.2 Å². The van der Waals surface area contributed by atoms with Crippen LogP contribution in [0.15, 0.2) is 12.4 Å². The van der Waals surface area contributed by atoms with Crippen molar-refractivity contribution in [3.63, 3.8) is 0 Å². The minimum atomic E-state index is 0.504. The van der Waals surface area contributed by atoms with Crippen molar-refractivity contribution in [2.24, 2.45) is 5.92 Å². The van der Waals surface area contributed by atoms with Crippen LogP contribution in [0.2, 0.25) is 5.15 Å². The van der Waals surface area contributed by atoms with Crippen LogP contribution in [0.1, 0.15) is 19.8 Å². The Hall–Kier alpha value is -0.830. The highest BCUT2D eigenvalue weighted by molar-refractivity contribution is 6.29. The third kappa shape index (κ3) is 1.98. The molecule has 1 aliphatic carbocycles. The number of anilines is 1. The molecule has 76 valence electrons. The summed E-state index contributed by atoms with van der Waals surface area (Å²) in [4.78, 5) is 10.2. The summed E-state index contributed by atoms with van der Waals surface area (Å²) in [7, 11) is 2.06. The van der Waals surface area contributed by atoms with E-state index in [9.17, 15) is 0 Å². The van der Waals surface area contributed by atoms with Gasteiger partial charge >= 0.3 is 0 Å². The Morgan fingerprint density at radius 2 is 2.21 bits per heavy atom. The largest absolute Gasteiger partial charge is 0.357 e. The highest BCUT2D eigenvalue weighted by Crippen LogP contribution is 2.35. The zero-order valence-corrected chi connectivity index (χ0v) is 9.20. The van der Waals surface area contributed by atoms with Gasteiger partial charge in [0.2, 0.25) is 0 Å². The summed E-state index contributed by atoms with van der Waals surface area (Å²) < 4.78 is 0. The fourth-order valence-corrected chi connectivity index (χ4v) is 1.76. The topological polar surface area (TPSA) is 29.0 Å². The smallest absolute Gasteiger partial charge is 0.134 e. The molecular formula is C10H14ClN3. The molecule has 4 heteroatoms. The average molecular weight is 212 g/mol. The second-order valence-corrected chi connectivity index (χ2v) is 4.28. The summed E-state index contributed by atoms with van der Waals surface area (Å²) in [6.07, 6.45) is 4.18. The predicted molar refractivity (Wildman–Crippen MR) is 57.6 cm³/mol. The Kier molecular flexibility index (Phi) is 2.59. The summed E-state index contributed by atoms with van der Waals surface area (Å²) in [6.45, 7) is 2.23. The van der Waals surface area contributed by atoms with Crippen LogP contribution in [0.3, 0.4) is 0 Å². The number of hydrogen-bond donors (Lipinski definition) is 0. The molecule has 1 fully saturated rings. The van der Waals surface area contributed by atoms with Gasteiger partial charge in [0.1, 0.15) is 17.3 Å². The van der Waals surface area contributed by atoms with Gasteiger partial charge in [-0.05, 0) is 25.7 Å². The zero-order chi connectivity index (χ0) is 10.1. The van der Waals surface area contributed by atoms with Crippen LogP contribution < -0.4 is 4.90 Å². The van der Waals surface area contributed by atoms with Gasteiger partial charge in [-0.25, -0.2) is 9.97 Å². The Bertz CT molecular complexity index is 325. The van der Waals surface area contributed by atoms with Gasteiger partial charge in [0.15, 0.2) is 0 Å². The first kappa shape index (κ1) is 9.71. The van der Waals surface area contributed by atoms with Gasteiger partial charge in [0.25, 0.3) is 0 Å². The highest BCUT2D eigenvalue weighted by Gasteiger charge is 2.31. The van der Waals surface area contributed by atoms with Crippen LogP contribution >= 0.6 is 11.6 Å². The second kappa shape index (κ2) is 3.73. The molecule has 1 heterocycles. The Morgan fingerprint density at radius 3 is 2.79 bits per heavy atom. The van der Waals surface area contributed by atoms with E-state index in [1.165, 1.54) is 19.2 Å². The fourth-order valence-electron chi connectivity index (χ4n) is 1.62. The Morgan fingerprint density at radius 1 is 1.50 bits per heavy atom. The Labute approximate surface area is 89.1 Å². The molecule has 0 N–H and O–H groups in total. The zero-order valence-electron chi connectivity index (χ0n) is 8.44. The summed E-state index contributed by atoms with van der Waals surface area (Å²) in [5.74, 6) is 1.73. The lowest BCUT2D eigenvalue weighted by Gasteiger charge is -2.25. The maximum absolute atomic E-state index is 5.81. The van der Waals surface area contributed by atoms with Gasteiger partial charge in [-0.15, -0.1) is 0 Å². The SMILES string of the molecule is CC(C1CC1)N(C)c1cc(Cl)ncn1. The molecule has 1 aromatic rings. The van der Waals surface area contributed by atoms with Crippen LogP contribution in [0.25, 0.3) is 0 Å². The van der Waals surface area contributed by atoms with E-state index in [0.29, 0.717) is 11.2 Å². The van der Waals surface area contributed by atoms with Crippen LogP contribution in [0.5, 0.6) is 0 Å². The number of nitrogens with zero attached hydrogens (tertiary/aromatic N) is 3. The lowest BCUT2D eigenvalue weighted by atomic mass is 10.2. The highest BCUT2D eigenvalue weighted by atomic mass is 35.5. The van der Waals surface area contributed by atoms with E-state index in [1.54, 1.807) is 6.07 Å². The quantitative estimate of drug-likeness (QED) is 0.719. The maximum Gasteiger partial charge on any atom is 0.134 e. The molecule has 0 aliphatic heterocycles. The van der Waals surface area contributed by atoms with Gasteiger partial charge in [-0.2, -0.15) is 0 Å². The van der Waals surface area contributed by atoms with Crippen molar-refractivity contribution >= 4 is 17.4 Å². The lowest BCUT2D eigenvalue weighted by Crippen LogP contribution is -2.31. The molecule has 2 rings (SSSR count). The third-order valence-electron chi connectivity index (χ3n) is 2.90. The Balaban J connectivity index is 2.13. The minimum Gasteiger partial charge on any atom is -0.357 e. The second-order valence-electron chi connectivity index (χ2n) is 3.89. The van der Waals surface area contributed by atoms with Crippen LogP contribution in [0, 0.1) is 5.92 Å². The molecule has 1 saturated carbocycles. The van der Waals surface area contributed by atoms with Crippen molar-refractivity contribution in [3.05, 3.63) is 17.5 Å². The number of rotatable bonds is 3. The van der Waals surface area contributed by atoms with Gasteiger partial charge < -0.3 is 4.90 Å². The molecule has 0 amide bonds. The van der Waals surface area contributed by atoms with Crippen LogP contribution in [-0.2, 0) is 0 Å². The standard InChI is InChI=1S/C10H14ClN3/c1-7(8-3-4-8)14(2)10-5-9(11)12-6-13-10/h5-8H,3-4H2,1-2H3. The predicted octanol–water partition coefficient (Wildman–Crippen LogP) is 2.36. The molecule has 1 aliphatic rings. The molecule has 0 saturated heterocycles. The summed E-state index contributed by atoms with van der Waals surface area (Å²) in [6, 6.07) is 2.35. The minimum absolute atomic E-state index is 0.504. The molecule has 0 aromatic carbocycles. The van der Waals surface area contributed by atoms with E-state index < -0.39 is 0 Å². The monoisotopic (exact) mass is 211 g/mol. The van der Waals surface area contributed by atoms with Crippen molar-refractivity contribution in [3.8, 4) is 0 Å². The molecule has 1 unspecified atom stereocenters. The molecule has 14 heavy (non-hydrogen) atoms. The van der Waals surface area contributed by atoms with E-state index in [2.05, 4.69) is 28.8 Å². The van der Waals surface area contributed by atoms with E-state index in [1.807, 2.05) is 0 Å². The van der Waals surface area contributed by atoms with Crippen molar-refractivity contribution in [1.29, 1.82) is 0 Å². The molecular weight excluding hydrogens is 198 g/mol. The molecule has 3 nitrogen and oxygen atoms in total. The van der Waals surface area contributed by atoms with Crippen molar-refractivity contribution < 1.29 is 0 Å². The lowest BCUT2D eigenvalue weighted by molar-refractivity contribution is 0.603. The third-order valence-corrected chi connectivity index (χ3v) is 3.10. The van der Waals surface area contributed by atoms with Gasteiger partial charge in [0.05, 0.1) is 0 Å². The average Bonchev–Trinajstić information content (AvgIpc) is 2.99. The summed E-state index contributed by atoms with van der Waals surface area (Å²) in [5.41, 5.74) is 0. The van der Waals surface area contributed by atoms with E-state index in [4.69, 9.17) is 11.6 Å². The molecule has 0 spiro atoms. The van der Waals surface area contributed by atoms with E-state index in [0.717, 1.165) is 11.7 Å². The van der Waals surface area contributed by atoms with Crippen LogP contribution in [-0.4, -0.2) is 23.1 Å². The number of hydrogen-bond acceptors (Lipinski definition) is 3. The van der Waals surface area contributed by atoms with Crippen molar-refractivity contribution in [2.75, 3.05) is 11.9 Å². The maximum atomic E-state index is 5.81. The van der Waals surface area contributed by atoms with E-state index >= 15 is 0 Å². The van der Waals surface area contributed by atoms with E-state index in [-0.39, 0.29) is 0 Å². The molecule has 0 radical (unpaired) electrons. The van der Waals surface area contributed by atoms with Crippen molar-refractivity contribution in [1.82, 2.24) is 9.97 Å².